The van der Waals surface area contributed by atoms with E-state index in [0.29, 0.717) is 11.3 Å². The molecule has 1 aromatic heterocycles. The van der Waals surface area contributed by atoms with Crippen LogP contribution in [0.25, 0.3) is 22.0 Å². The van der Waals surface area contributed by atoms with Gasteiger partial charge < -0.3 is 0 Å². The summed E-state index contributed by atoms with van der Waals surface area (Å²) in [6, 6.07) is 23.0. The van der Waals surface area contributed by atoms with Crippen molar-refractivity contribution in [2.75, 3.05) is 5.43 Å². The minimum Gasteiger partial charge on any atom is -0.290 e. The monoisotopic (exact) mass is 443 g/mol. The number of fused-ring (bicyclic) bond motifs is 1. The van der Waals surface area contributed by atoms with E-state index in [1.54, 1.807) is 18.3 Å². The quantitative estimate of drug-likeness (QED) is 0.353. The fourth-order valence-electron chi connectivity index (χ4n) is 2.94. The smallest absolute Gasteiger partial charge is 0.270 e. The molecule has 0 bridgehead atoms. The van der Waals surface area contributed by atoms with E-state index in [1.165, 1.54) is 0 Å². The van der Waals surface area contributed by atoms with E-state index >= 15 is 0 Å². The lowest BCUT2D eigenvalue weighted by atomic mass is 10.1. The summed E-state index contributed by atoms with van der Waals surface area (Å²) in [5, 5.41) is 15.7. The topological polar surface area (TPSA) is 93.9 Å². The molecule has 0 saturated heterocycles. The van der Waals surface area contributed by atoms with Crippen molar-refractivity contribution in [1.82, 2.24) is 9.97 Å². The molecule has 3 aromatic carbocycles. The predicted molar refractivity (Wildman–Crippen MR) is 118 cm³/mol. The summed E-state index contributed by atoms with van der Waals surface area (Å²) in [6.07, 6.45) is 1.64. The Morgan fingerprint density at radius 3 is 2.72 bits per heavy atom. The number of aromatic nitrogens is 2. The molecule has 2 N–H and O–H groups in total. The number of nitrogens with one attached hydrogen (secondary N) is 2. The van der Waals surface area contributed by atoms with Crippen molar-refractivity contribution in [1.29, 1.82) is 5.26 Å². The van der Waals surface area contributed by atoms with Gasteiger partial charge in [-0.05, 0) is 28.5 Å². The molecule has 0 aliphatic carbocycles. The Kier molecular flexibility index (Phi) is 5.18. The molecule has 0 unspecified atom stereocenters. The summed E-state index contributed by atoms with van der Waals surface area (Å²) in [5.41, 5.74) is 4.06. The number of hydrazone groups is 1. The lowest BCUT2D eigenvalue weighted by Crippen LogP contribution is -2.16. The lowest BCUT2D eigenvalue weighted by molar-refractivity contribution is 1.08. The summed E-state index contributed by atoms with van der Waals surface area (Å²) in [7, 11) is 0. The predicted octanol–water partition coefficient (Wildman–Crippen LogP) is 4.67. The SMILES string of the molecule is N#Cc1c(-c2ccccc2)nc(NN=Cc2ccc3cccc(Br)c3c2)[nH]c1=O. The maximum Gasteiger partial charge on any atom is 0.270 e. The molecular formula is C22H14BrN5O. The molecule has 29 heavy (non-hydrogen) atoms. The molecule has 6 nitrogen and oxygen atoms in total. The highest BCUT2D eigenvalue weighted by molar-refractivity contribution is 9.10. The number of rotatable bonds is 4. The molecule has 0 amide bonds. The summed E-state index contributed by atoms with van der Waals surface area (Å²) in [4.78, 5) is 19.2. The molecule has 140 valence electrons. The van der Waals surface area contributed by atoms with Crippen molar-refractivity contribution in [3.63, 3.8) is 0 Å². The van der Waals surface area contributed by atoms with E-state index in [2.05, 4.69) is 36.4 Å². The van der Waals surface area contributed by atoms with Crippen molar-refractivity contribution >= 4 is 38.9 Å². The van der Waals surface area contributed by atoms with E-state index in [4.69, 9.17) is 0 Å². The minimum absolute atomic E-state index is 0.0369. The average molecular weight is 444 g/mol. The van der Waals surface area contributed by atoms with Crippen LogP contribution in [0.3, 0.4) is 0 Å². The molecule has 0 atom stereocenters. The van der Waals surface area contributed by atoms with Crippen LogP contribution < -0.4 is 11.0 Å². The molecule has 4 aromatic rings. The van der Waals surface area contributed by atoms with E-state index in [1.807, 2.05) is 60.7 Å². The first-order valence-corrected chi connectivity index (χ1v) is 9.52. The normalized spacial score (nSPS) is 10.9. The van der Waals surface area contributed by atoms with Gasteiger partial charge >= 0.3 is 0 Å². The van der Waals surface area contributed by atoms with Crippen LogP contribution in [0.5, 0.6) is 0 Å². The van der Waals surface area contributed by atoms with Gasteiger partial charge in [-0.1, -0.05) is 70.5 Å². The first-order chi connectivity index (χ1) is 14.2. The van der Waals surface area contributed by atoms with Gasteiger partial charge in [-0.15, -0.1) is 0 Å². The second-order valence-corrected chi connectivity index (χ2v) is 7.06. The molecule has 0 spiro atoms. The lowest BCUT2D eigenvalue weighted by Gasteiger charge is -2.06. The van der Waals surface area contributed by atoms with Crippen molar-refractivity contribution in [3.05, 3.63) is 92.7 Å². The van der Waals surface area contributed by atoms with Gasteiger partial charge in [-0.3, -0.25) is 9.78 Å². The van der Waals surface area contributed by atoms with E-state index in [-0.39, 0.29) is 11.5 Å². The second-order valence-electron chi connectivity index (χ2n) is 6.21. The van der Waals surface area contributed by atoms with Gasteiger partial charge in [0.25, 0.3) is 5.56 Å². The molecule has 4 rings (SSSR count). The molecular weight excluding hydrogens is 430 g/mol. The van der Waals surface area contributed by atoms with Gasteiger partial charge in [0.1, 0.15) is 11.6 Å². The highest BCUT2D eigenvalue weighted by Crippen LogP contribution is 2.24. The number of benzene rings is 3. The Morgan fingerprint density at radius 1 is 1.10 bits per heavy atom. The number of H-pyrrole nitrogens is 1. The zero-order valence-electron chi connectivity index (χ0n) is 15.1. The molecule has 7 heteroatoms. The number of hydrogen-bond acceptors (Lipinski definition) is 5. The number of halogens is 1. The number of aromatic amines is 1. The highest BCUT2D eigenvalue weighted by atomic mass is 79.9. The second kappa shape index (κ2) is 8.09. The number of nitrogens with zero attached hydrogens (tertiary/aromatic N) is 3. The number of nitriles is 1. The van der Waals surface area contributed by atoms with Gasteiger partial charge in [0.2, 0.25) is 5.95 Å². The van der Waals surface area contributed by atoms with E-state index in [9.17, 15) is 10.1 Å². The maximum absolute atomic E-state index is 12.3. The summed E-state index contributed by atoms with van der Waals surface area (Å²) in [5.74, 6) is 0.158. The van der Waals surface area contributed by atoms with Gasteiger partial charge in [0.15, 0.2) is 0 Å². The van der Waals surface area contributed by atoms with Crippen LogP contribution >= 0.6 is 15.9 Å². The van der Waals surface area contributed by atoms with Gasteiger partial charge in [0.05, 0.1) is 11.9 Å². The van der Waals surface area contributed by atoms with Crippen molar-refractivity contribution in [2.24, 2.45) is 5.10 Å². The minimum atomic E-state index is -0.520. The van der Waals surface area contributed by atoms with Crippen molar-refractivity contribution < 1.29 is 0 Å². The van der Waals surface area contributed by atoms with Gasteiger partial charge in [-0.2, -0.15) is 10.4 Å². The van der Waals surface area contributed by atoms with Crippen LogP contribution in [0.4, 0.5) is 5.95 Å². The third-order valence-electron chi connectivity index (χ3n) is 4.32. The van der Waals surface area contributed by atoms with Crippen LogP contribution in [-0.4, -0.2) is 16.2 Å². The Bertz CT molecular complexity index is 1320. The van der Waals surface area contributed by atoms with Crippen molar-refractivity contribution in [2.45, 2.75) is 0 Å². The Labute approximate surface area is 174 Å². The third kappa shape index (κ3) is 3.93. The van der Waals surface area contributed by atoms with E-state index < -0.39 is 5.56 Å². The summed E-state index contributed by atoms with van der Waals surface area (Å²) in [6.45, 7) is 0. The van der Waals surface area contributed by atoms with Crippen LogP contribution in [0.1, 0.15) is 11.1 Å². The van der Waals surface area contributed by atoms with Gasteiger partial charge in [-0.25, -0.2) is 10.4 Å². The zero-order chi connectivity index (χ0) is 20.2. The largest absolute Gasteiger partial charge is 0.290 e. The van der Waals surface area contributed by atoms with Crippen LogP contribution in [-0.2, 0) is 0 Å². The Morgan fingerprint density at radius 2 is 1.93 bits per heavy atom. The standard InChI is InChI=1S/C22H14BrN5O/c23-19-8-4-7-15-10-9-14(11-17(15)19)13-25-28-22-26-20(16-5-2-1-3-6-16)18(12-24)21(29)27-22/h1-11,13H,(H2,26,27,28,29). The first kappa shape index (κ1) is 18.6. The van der Waals surface area contributed by atoms with Crippen LogP contribution in [0, 0.1) is 11.3 Å². The average Bonchev–Trinajstić information content (AvgIpc) is 2.74. The first-order valence-electron chi connectivity index (χ1n) is 8.73. The van der Waals surface area contributed by atoms with Crippen LogP contribution in [0.2, 0.25) is 0 Å². The van der Waals surface area contributed by atoms with Crippen molar-refractivity contribution in [3.8, 4) is 17.3 Å². The summed E-state index contributed by atoms with van der Waals surface area (Å²) < 4.78 is 1.00. The third-order valence-corrected chi connectivity index (χ3v) is 5.01. The molecule has 0 fully saturated rings. The molecule has 0 radical (unpaired) electrons. The number of hydrogen-bond donors (Lipinski definition) is 2. The number of anilines is 1. The highest BCUT2D eigenvalue weighted by Gasteiger charge is 2.12. The molecule has 1 heterocycles. The Balaban J connectivity index is 1.63. The molecule has 0 saturated carbocycles. The summed E-state index contributed by atoms with van der Waals surface area (Å²) >= 11 is 3.55. The fourth-order valence-corrected chi connectivity index (χ4v) is 3.43. The molecule has 0 aliphatic heterocycles. The van der Waals surface area contributed by atoms with E-state index in [0.717, 1.165) is 20.8 Å². The van der Waals surface area contributed by atoms with Gasteiger partial charge in [0, 0.05) is 10.0 Å². The zero-order valence-corrected chi connectivity index (χ0v) is 16.6. The fraction of sp³-hybridized carbons (Fsp3) is 0. The maximum atomic E-state index is 12.3. The Hall–Kier alpha value is -3.76. The van der Waals surface area contributed by atoms with Crippen LogP contribution in [0.15, 0.2) is 81.1 Å². The molecule has 0 aliphatic rings.